The molecule has 0 saturated carbocycles. The van der Waals surface area contributed by atoms with Crippen LogP contribution in [0, 0.1) is 19.7 Å². The number of anilines is 1. The minimum Gasteiger partial charge on any atom is -0.361 e. The van der Waals surface area contributed by atoms with E-state index >= 15 is 0 Å². The Labute approximate surface area is 198 Å². The third kappa shape index (κ3) is 5.13. The van der Waals surface area contributed by atoms with E-state index in [1.807, 2.05) is 60.7 Å². The van der Waals surface area contributed by atoms with E-state index < -0.39 is 17.8 Å². The number of aryl methyl sites for hydroxylation is 2. The third-order valence-electron chi connectivity index (χ3n) is 5.52. The maximum atomic E-state index is 14.9. The highest BCUT2D eigenvalue weighted by Crippen LogP contribution is 2.31. The van der Waals surface area contributed by atoms with Crippen molar-refractivity contribution in [1.82, 2.24) is 5.16 Å². The van der Waals surface area contributed by atoms with Crippen molar-refractivity contribution in [2.45, 2.75) is 25.8 Å². The van der Waals surface area contributed by atoms with E-state index in [9.17, 15) is 9.18 Å². The monoisotopic (exact) mass is 465 g/mol. The quantitative estimate of drug-likeness (QED) is 0.387. The molecule has 0 spiro atoms. The number of nitrogens with one attached hydrogen (secondary N) is 1. The lowest BCUT2D eigenvalue weighted by Gasteiger charge is -2.24. The van der Waals surface area contributed by atoms with E-state index in [0.717, 1.165) is 11.1 Å². The predicted molar refractivity (Wildman–Crippen MR) is 130 cm³/mol. The molecule has 1 amide bonds. The molecule has 1 aromatic heterocycles. The van der Waals surface area contributed by atoms with Gasteiger partial charge in [0.25, 0.3) is 0 Å². The summed E-state index contributed by atoms with van der Waals surface area (Å²) >= 11 is 0. The number of rotatable bonds is 6. The van der Waals surface area contributed by atoms with E-state index in [2.05, 4.69) is 10.5 Å². The zero-order valence-electron chi connectivity index (χ0n) is 18.3. The van der Waals surface area contributed by atoms with Crippen LogP contribution in [0.1, 0.15) is 28.5 Å². The molecule has 0 fully saturated rings. The molecule has 1 heterocycles. The summed E-state index contributed by atoms with van der Waals surface area (Å²) in [5, 5.41) is 6.64. The summed E-state index contributed by atoms with van der Waals surface area (Å²) in [6.45, 7) is 3.49. The van der Waals surface area contributed by atoms with Crippen LogP contribution in [0.3, 0.4) is 0 Å². The smallest absolute Gasteiger partial charge is 0.242 e. The van der Waals surface area contributed by atoms with Gasteiger partial charge in [0.1, 0.15) is 11.6 Å². The fourth-order valence-electron chi connectivity index (χ4n) is 3.97. The number of nitrogens with zero attached hydrogens (tertiary/aromatic N) is 1. The molecule has 0 aliphatic carbocycles. The van der Waals surface area contributed by atoms with Crippen molar-refractivity contribution in [2.75, 3.05) is 5.32 Å². The number of nitrogens with two attached hydrogens (primary N) is 1. The number of carbonyl (C=O) groups excluding carboxylic acids is 1. The maximum absolute atomic E-state index is 14.9. The molecule has 1 atom stereocenters. The Bertz CT molecular complexity index is 1170. The first kappa shape index (κ1) is 24.2. The van der Waals surface area contributed by atoms with Crippen LogP contribution in [0.4, 0.5) is 10.1 Å². The Morgan fingerprint density at radius 3 is 2.03 bits per heavy atom. The molecule has 0 bridgehead atoms. The average Bonchev–Trinajstić information content (AvgIpc) is 3.13. The molecule has 5 nitrogen and oxygen atoms in total. The summed E-state index contributed by atoms with van der Waals surface area (Å²) in [4.78, 5) is 13.1. The maximum Gasteiger partial charge on any atom is 0.242 e. The van der Waals surface area contributed by atoms with Crippen molar-refractivity contribution >= 4 is 24.0 Å². The van der Waals surface area contributed by atoms with E-state index in [4.69, 9.17) is 10.3 Å². The van der Waals surface area contributed by atoms with Gasteiger partial charge in [-0.3, -0.25) is 4.79 Å². The molecule has 4 rings (SSSR count). The van der Waals surface area contributed by atoms with Crippen molar-refractivity contribution in [2.24, 2.45) is 5.73 Å². The summed E-state index contributed by atoms with van der Waals surface area (Å²) in [5.41, 5.74) is 10.2. The molecule has 0 radical (unpaired) electrons. The van der Waals surface area contributed by atoms with Gasteiger partial charge in [-0.05, 0) is 43.2 Å². The van der Waals surface area contributed by atoms with Crippen molar-refractivity contribution < 1.29 is 13.7 Å². The molecular weight excluding hydrogens is 441 g/mol. The van der Waals surface area contributed by atoms with E-state index in [0.29, 0.717) is 28.3 Å². The van der Waals surface area contributed by atoms with Crippen LogP contribution in [0.2, 0.25) is 0 Å². The Hall–Kier alpha value is -3.48. The third-order valence-corrected chi connectivity index (χ3v) is 5.52. The molecule has 0 aliphatic rings. The van der Waals surface area contributed by atoms with Gasteiger partial charge in [0, 0.05) is 17.2 Å². The largest absolute Gasteiger partial charge is 0.361 e. The second kappa shape index (κ2) is 10.4. The number of halogens is 2. The van der Waals surface area contributed by atoms with Crippen LogP contribution < -0.4 is 11.1 Å². The normalized spacial score (nSPS) is 11.7. The Kier molecular flexibility index (Phi) is 7.63. The van der Waals surface area contributed by atoms with Gasteiger partial charge in [0.05, 0.1) is 17.3 Å². The van der Waals surface area contributed by atoms with Gasteiger partial charge in [-0.25, -0.2) is 4.39 Å². The number of benzene rings is 3. The highest BCUT2D eigenvalue weighted by atomic mass is 35.5. The molecule has 1 unspecified atom stereocenters. The minimum atomic E-state index is -0.870. The lowest BCUT2D eigenvalue weighted by molar-refractivity contribution is -0.117. The lowest BCUT2D eigenvalue weighted by atomic mass is 9.85. The van der Waals surface area contributed by atoms with Crippen LogP contribution in [0.25, 0.3) is 11.1 Å². The van der Waals surface area contributed by atoms with E-state index in [1.165, 1.54) is 6.07 Å². The lowest BCUT2D eigenvalue weighted by Crippen LogP contribution is -2.41. The summed E-state index contributed by atoms with van der Waals surface area (Å²) < 4.78 is 20.0. The number of aromatic nitrogens is 1. The number of hydrogen-bond donors (Lipinski definition) is 2. The molecule has 170 valence electrons. The zero-order valence-corrected chi connectivity index (χ0v) is 19.1. The topological polar surface area (TPSA) is 81.2 Å². The fraction of sp³-hybridized carbons (Fsp3) is 0.154. The highest BCUT2D eigenvalue weighted by Gasteiger charge is 2.28. The molecule has 3 N–H and O–H groups in total. The van der Waals surface area contributed by atoms with Gasteiger partial charge in [-0.15, -0.1) is 12.4 Å². The van der Waals surface area contributed by atoms with Crippen LogP contribution in [-0.2, 0) is 4.79 Å². The first-order chi connectivity index (χ1) is 15.5. The van der Waals surface area contributed by atoms with Gasteiger partial charge in [0.2, 0.25) is 5.91 Å². The number of carbonyl (C=O) groups is 1. The molecule has 0 saturated heterocycles. The Morgan fingerprint density at radius 1 is 0.970 bits per heavy atom. The van der Waals surface area contributed by atoms with Gasteiger partial charge in [0.15, 0.2) is 0 Å². The van der Waals surface area contributed by atoms with E-state index in [-0.39, 0.29) is 18.3 Å². The second-order valence-corrected chi connectivity index (χ2v) is 7.71. The number of hydrogen-bond acceptors (Lipinski definition) is 4. The van der Waals surface area contributed by atoms with Crippen molar-refractivity contribution in [3.05, 3.63) is 107 Å². The molecule has 3 aromatic carbocycles. The summed E-state index contributed by atoms with van der Waals surface area (Å²) in [5.74, 6) is -0.682. The predicted octanol–water partition coefficient (Wildman–Crippen LogP) is 5.62. The SMILES string of the molecule is Cc1noc(C)c1-c1ccc(NC(=O)C(N)C(c2ccccc2)c2ccccc2)cc1F.Cl. The zero-order chi connectivity index (χ0) is 22.7. The Morgan fingerprint density at radius 2 is 1.55 bits per heavy atom. The molecule has 7 heteroatoms. The number of amides is 1. The van der Waals surface area contributed by atoms with Gasteiger partial charge >= 0.3 is 0 Å². The van der Waals surface area contributed by atoms with Crippen LogP contribution in [0.5, 0.6) is 0 Å². The highest BCUT2D eigenvalue weighted by molar-refractivity contribution is 5.96. The standard InChI is InChI=1S/C26H24FN3O2.ClH/c1-16-23(17(2)32-30-16)21-14-13-20(15-22(21)27)29-26(31)25(28)24(18-9-5-3-6-10-18)19-11-7-4-8-12-19;/h3-15,24-25H,28H2,1-2H3,(H,29,31);1H. The molecule has 33 heavy (non-hydrogen) atoms. The Balaban J connectivity index is 0.00000306. The van der Waals surface area contributed by atoms with Crippen molar-refractivity contribution in [3.8, 4) is 11.1 Å². The van der Waals surface area contributed by atoms with Crippen LogP contribution >= 0.6 is 12.4 Å². The molecule has 4 aromatic rings. The van der Waals surface area contributed by atoms with Gasteiger partial charge in [-0.1, -0.05) is 65.8 Å². The average molecular weight is 466 g/mol. The second-order valence-electron chi connectivity index (χ2n) is 7.71. The first-order valence-electron chi connectivity index (χ1n) is 10.3. The van der Waals surface area contributed by atoms with Crippen LogP contribution in [-0.4, -0.2) is 17.1 Å². The molecular formula is C26H25ClFN3O2. The summed E-state index contributed by atoms with van der Waals surface area (Å²) in [6, 6.07) is 23.0. The van der Waals surface area contributed by atoms with Crippen molar-refractivity contribution in [1.29, 1.82) is 0 Å². The van der Waals surface area contributed by atoms with Crippen LogP contribution in [0.15, 0.2) is 83.4 Å². The van der Waals surface area contributed by atoms with Gasteiger partial charge in [-0.2, -0.15) is 0 Å². The summed E-state index contributed by atoms with van der Waals surface area (Å²) in [7, 11) is 0. The molecule has 0 aliphatic heterocycles. The van der Waals surface area contributed by atoms with Crippen molar-refractivity contribution in [3.63, 3.8) is 0 Å². The van der Waals surface area contributed by atoms with E-state index in [1.54, 1.807) is 26.0 Å². The first-order valence-corrected chi connectivity index (χ1v) is 10.3. The fourth-order valence-corrected chi connectivity index (χ4v) is 3.97. The van der Waals surface area contributed by atoms with Gasteiger partial charge < -0.3 is 15.6 Å². The summed E-state index contributed by atoms with van der Waals surface area (Å²) in [6.07, 6.45) is 0. The minimum absolute atomic E-state index is 0.